The fourth-order valence-corrected chi connectivity index (χ4v) is 1.49. The Kier molecular flexibility index (Phi) is 9.48. The van der Waals surface area contributed by atoms with Crippen molar-refractivity contribution in [3.05, 3.63) is 0 Å². The Morgan fingerprint density at radius 1 is 0.684 bits per heavy atom. The lowest BCUT2D eigenvalue weighted by atomic mass is 10.3. The van der Waals surface area contributed by atoms with E-state index in [0.717, 1.165) is 0 Å². The maximum atomic E-state index is 11.5. The summed E-state index contributed by atoms with van der Waals surface area (Å²) < 4.78 is 0. The number of carbonyl (C=O) groups is 3. The van der Waals surface area contributed by atoms with Crippen molar-refractivity contribution in [2.75, 3.05) is 0 Å². The number of nitrogens with one attached hydrogen (secondary N) is 3. The summed E-state index contributed by atoms with van der Waals surface area (Å²) in [7, 11) is 0. The molecule has 0 radical (unpaired) electrons. The summed E-state index contributed by atoms with van der Waals surface area (Å²) in [5.74, 6) is -0.580. The van der Waals surface area contributed by atoms with Gasteiger partial charge in [-0.15, -0.1) is 0 Å². The van der Waals surface area contributed by atoms with Crippen molar-refractivity contribution in [1.82, 2.24) is 16.0 Å². The number of hydrogen-bond acceptors (Lipinski definition) is 3. The first-order chi connectivity index (χ1) is 9.03. The second-order valence-electron chi connectivity index (χ2n) is 4.39. The Balaban J connectivity index is 4.40. The number of rotatable bonds is 9. The summed E-state index contributed by atoms with van der Waals surface area (Å²) >= 11 is 0. The van der Waals surface area contributed by atoms with Crippen LogP contribution in [0.1, 0.15) is 59.3 Å². The lowest BCUT2D eigenvalue weighted by Crippen LogP contribution is -2.58. The highest BCUT2D eigenvalue weighted by Crippen LogP contribution is 1.92. The number of amides is 3. The molecule has 0 unspecified atom stereocenters. The highest BCUT2D eigenvalue weighted by molar-refractivity contribution is 5.81. The van der Waals surface area contributed by atoms with Crippen molar-refractivity contribution < 1.29 is 14.4 Å². The summed E-state index contributed by atoms with van der Waals surface area (Å²) in [4.78, 5) is 34.6. The first kappa shape index (κ1) is 17.4. The maximum absolute atomic E-state index is 11.5. The van der Waals surface area contributed by atoms with Gasteiger partial charge in [0.05, 0.1) is 0 Å². The molecule has 0 rings (SSSR count). The monoisotopic (exact) mass is 271 g/mol. The van der Waals surface area contributed by atoms with E-state index in [0.29, 0.717) is 38.5 Å². The van der Waals surface area contributed by atoms with Crippen LogP contribution in [-0.4, -0.2) is 24.0 Å². The first-order valence-electron chi connectivity index (χ1n) is 6.91. The van der Waals surface area contributed by atoms with E-state index in [1.54, 1.807) is 0 Å². The minimum atomic E-state index is -0.822. The minimum absolute atomic E-state index is 0.193. The third kappa shape index (κ3) is 9.04. The zero-order chi connectivity index (χ0) is 14.7. The summed E-state index contributed by atoms with van der Waals surface area (Å²) in [6, 6.07) is 0. The van der Waals surface area contributed by atoms with Crippen molar-refractivity contribution in [2.24, 2.45) is 0 Å². The van der Waals surface area contributed by atoms with Gasteiger partial charge in [-0.05, 0) is 19.3 Å². The molecule has 110 valence electrons. The lowest BCUT2D eigenvalue weighted by molar-refractivity contribution is -0.127. The molecule has 0 aliphatic heterocycles. The Labute approximate surface area is 114 Å². The van der Waals surface area contributed by atoms with Crippen LogP contribution >= 0.6 is 0 Å². The molecule has 0 aliphatic carbocycles. The van der Waals surface area contributed by atoms with E-state index in [1.807, 2.05) is 20.8 Å². The lowest BCUT2D eigenvalue weighted by Gasteiger charge is -2.21. The van der Waals surface area contributed by atoms with E-state index in [9.17, 15) is 14.4 Å². The SMILES string of the molecule is CCCC(=O)NC(NC(=O)CCC)NC(=O)CCC. The van der Waals surface area contributed by atoms with Crippen LogP contribution in [0.15, 0.2) is 0 Å². The van der Waals surface area contributed by atoms with E-state index in [-0.39, 0.29) is 17.7 Å². The van der Waals surface area contributed by atoms with Gasteiger partial charge < -0.3 is 16.0 Å². The van der Waals surface area contributed by atoms with Crippen LogP contribution in [0, 0.1) is 0 Å². The Hall–Kier alpha value is -1.59. The fraction of sp³-hybridized carbons (Fsp3) is 0.769. The first-order valence-corrected chi connectivity index (χ1v) is 6.91. The summed E-state index contributed by atoms with van der Waals surface area (Å²) in [6.45, 7) is 5.67. The number of carbonyl (C=O) groups excluding carboxylic acids is 3. The van der Waals surface area contributed by atoms with Crippen molar-refractivity contribution in [3.8, 4) is 0 Å². The molecule has 0 aliphatic rings. The molecule has 0 saturated heterocycles. The molecular formula is C13H25N3O3. The summed E-state index contributed by atoms with van der Waals surface area (Å²) in [5.41, 5.74) is 0. The van der Waals surface area contributed by atoms with Crippen LogP contribution in [0.25, 0.3) is 0 Å². The van der Waals surface area contributed by atoms with Crippen LogP contribution in [0.5, 0.6) is 0 Å². The minimum Gasteiger partial charge on any atom is -0.319 e. The average molecular weight is 271 g/mol. The molecule has 0 saturated carbocycles. The third-order valence-electron chi connectivity index (χ3n) is 2.35. The second kappa shape index (κ2) is 10.3. The molecule has 0 atom stereocenters. The Morgan fingerprint density at radius 2 is 0.947 bits per heavy atom. The molecule has 0 spiro atoms. The molecule has 0 fully saturated rings. The maximum Gasteiger partial charge on any atom is 0.222 e. The van der Waals surface area contributed by atoms with Gasteiger partial charge in [0.1, 0.15) is 0 Å². The quantitative estimate of drug-likeness (QED) is 0.547. The van der Waals surface area contributed by atoms with E-state index in [4.69, 9.17) is 0 Å². The van der Waals surface area contributed by atoms with Gasteiger partial charge in [-0.2, -0.15) is 0 Å². The molecule has 0 aromatic heterocycles. The van der Waals surface area contributed by atoms with Crippen LogP contribution in [-0.2, 0) is 14.4 Å². The van der Waals surface area contributed by atoms with Crippen LogP contribution in [0.3, 0.4) is 0 Å². The van der Waals surface area contributed by atoms with Crippen molar-refractivity contribution in [3.63, 3.8) is 0 Å². The fourth-order valence-electron chi connectivity index (χ4n) is 1.49. The molecule has 6 heteroatoms. The predicted octanol–water partition coefficient (Wildman–Crippen LogP) is 1.02. The number of hydrogen-bond donors (Lipinski definition) is 3. The summed E-state index contributed by atoms with van der Waals surface area (Å²) in [5, 5.41) is 7.78. The highest BCUT2D eigenvalue weighted by atomic mass is 16.2. The predicted molar refractivity (Wildman–Crippen MR) is 72.9 cm³/mol. The van der Waals surface area contributed by atoms with Crippen LogP contribution < -0.4 is 16.0 Å². The van der Waals surface area contributed by atoms with Gasteiger partial charge in [-0.25, -0.2) is 0 Å². The van der Waals surface area contributed by atoms with E-state index in [1.165, 1.54) is 0 Å². The topological polar surface area (TPSA) is 87.3 Å². The summed E-state index contributed by atoms with van der Waals surface area (Å²) in [6.07, 6.45) is 2.41. The largest absolute Gasteiger partial charge is 0.319 e. The van der Waals surface area contributed by atoms with Gasteiger partial charge in [-0.3, -0.25) is 14.4 Å². The molecule has 6 nitrogen and oxygen atoms in total. The van der Waals surface area contributed by atoms with Crippen LogP contribution in [0.4, 0.5) is 0 Å². The second-order valence-corrected chi connectivity index (χ2v) is 4.39. The van der Waals surface area contributed by atoms with Gasteiger partial charge >= 0.3 is 0 Å². The van der Waals surface area contributed by atoms with Crippen molar-refractivity contribution >= 4 is 17.7 Å². The third-order valence-corrected chi connectivity index (χ3v) is 2.35. The van der Waals surface area contributed by atoms with Gasteiger partial charge in [0.15, 0.2) is 6.29 Å². The molecule has 3 N–H and O–H groups in total. The zero-order valence-corrected chi connectivity index (χ0v) is 12.0. The Morgan fingerprint density at radius 3 is 1.16 bits per heavy atom. The van der Waals surface area contributed by atoms with Crippen molar-refractivity contribution in [2.45, 2.75) is 65.6 Å². The average Bonchev–Trinajstić information content (AvgIpc) is 2.29. The Bertz CT molecular complexity index is 258. The van der Waals surface area contributed by atoms with E-state index >= 15 is 0 Å². The standard InChI is InChI=1S/C13H25N3O3/c1-4-7-10(17)14-13(15-11(18)8-5-2)16-12(19)9-6-3/h13H,4-9H2,1-3H3,(H,14,17)(H,15,18)(H,16,19). The van der Waals surface area contributed by atoms with Gasteiger partial charge in [0.2, 0.25) is 17.7 Å². The van der Waals surface area contributed by atoms with Crippen LogP contribution in [0.2, 0.25) is 0 Å². The van der Waals surface area contributed by atoms with Gasteiger partial charge in [0, 0.05) is 19.3 Å². The molecule has 3 amide bonds. The zero-order valence-electron chi connectivity index (χ0n) is 12.0. The van der Waals surface area contributed by atoms with Gasteiger partial charge in [-0.1, -0.05) is 20.8 Å². The molecule has 0 aromatic carbocycles. The molecule has 0 bridgehead atoms. The van der Waals surface area contributed by atoms with Crippen molar-refractivity contribution in [1.29, 1.82) is 0 Å². The molecule has 0 aromatic rings. The molecule has 0 heterocycles. The van der Waals surface area contributed by atoms with Gasteiger partial charge in [0.25, 0.3) is 0 Å². The van der Waals surface area contributed by atoms with E-state index in [2.05, 4.69) is 16.0 Å². The highest BCUT2D eigenvalue weighted by Gasteiger charge is 2.16. The van der Waals surface area contributed by atoms with E-state index < -0.39 is 6.29 Å². The smallest absolute Gasteiger partial charge is 0.222 e. The normalized spacial score (nSPS) is 10.1. The molecule has 19 heavy (non-hydrogen) atoms. The molecular weight excluding hydrogens is 246 g/mol.